The van der Waals surface area contributed by atoms with Gasteiger partial charge in [0.25, 0.3) is 10.0 Å². The van der Waals surface area contributed by atoms with E-state index < -0.39 is 15.9 Å². The number of allylic oxidation sites excluding steroid dienone is 1. The summed E-state index contributed by atoms with van der Waals surface area (Å²) in [5.74, 6) is 0.00803. The van der Waals surface area contributed by atoms with Gasteiger partial charge in [-0.05, 0) is 56.4 Å². The van der Waals surface area contributed by atoms with E-state index in [-0.39, 0.29) is 28.9 Å². The summed E-state index contributed by atoms with van der Waals surface area (Å²) in [6, 6.07) is 23.4. The number of nitrogens with zero attached hydrogens (tertiary/aromatic N) is 1. The van der Waals surface area contributed by atoms with Crippen LogP contribution >= 0.6 is 0 Å². The summed E-state index contributed by atoms with van der Waals surface area (Å²) in [7, 11) is -4.00. The lowest BCUT2D eigenvalue weighted by Crippen LogP contribution is -2.35. The topological polar surface area (TPSA) is 72.8 Å². The third kappa shape index (κ3) is 5.05. The molecule has 1 aliphatic heterocycles. The van der Waals surface area contributed by atoms with Gasteiger partial charge in [0.2, 0.25) is 5.90 Å². The largest absolute Gasteiger partial charge is 0.441 e. The second-order valence-corrected chi connectivity index (χ2v) is 11.1. The van der Waals surface area contributed by atoms with Crippen molar-refractivity contribution in [2.24, 2.45) is 10.3 Å². The summed E-state index contributed by atoms with van der Waals surface area (Å²) in [6.07, 6.45) is 6.27. The fourth-order valence-corrected chi connectivity index (χ4v) is 6.07. The van der Waals surface area contributed by atoms with Gasteiger partial charge < -0.3 is 4.74 Å². The van der Waals surface area contributed by atoms with Gasteiger partial charge in [0.05, 0.1) is 10.8 Å². The lowest BCUT2D eigenvalue weighted by Gasteiger charge is -2.36. The van der Waals surface area contributed by atoms with Crippen molar-refractivity contribution in [3.8, 4) is 5.75 Å². The maximum absolute atomic E-state index is 13.4. The molecule has 0 spiro atoms. The van der Waals surface area contributed by atoms with Crippen LogP contribution < -0.4 is 4.74 Å². The number of sulfonamides is 1. The van der Waals surface area contributed by atoms with Crippen molar-refractivity contribution < 1.29 is 17.9 Å². The summed E-state index contributed by atoms with van der Waals surface area (Å²) in [5, 5.41) is 0. The Bertz CT molecular complexity index is 1420. The summed E-state index contributed by atoms with van der Waals surface area (Å²) in [4.78, 5) is 13.5. The first kappa shape index (κ1) is 24.2. The molecule has 6 heteroatoms. The minimum atomic E-state index is -4.00. The zero-order chi connectivity index (χ0) is 25.1. The van der Waals surface area contributed by atoms with Gasteiger partial charge in [-0.3, -0.25) is 4.79 Å². The fraction of sp³-hybridized carbons (Fsp3) is 0.267. The number of carbonyl (C=O) groups excluding carboxylic acids is 1. The zero-order valence-electron chi connectivity index (χ0n) is 20.3. The molecular formula is C30H29NO4S. The summed E-state index contributed by atoms with van der Waals surface area (Å²) in [5.41, 5.74) is 3.61. The van der Waals surface area contributed by atoms with Crippen LogP contribution in [0.3, 0.4) is 0 Å². The van der Waals surface area contributed by atoms with Crippen LogP contribution in [0.5, 0.6) is 5.75 Å². The van der Waals surface area contributed by atoms with E-state index in [1.807, 2.05) is 61.5 Å². The average Bonchev–Trinajstić information content (AvgIpc) is 2.90. The average molecular weight is 500 g/mol. The molecule has 0 fully saturated rings. The van der Waals surface area contributed by atoms with Crippen molar-refractivity contribution in [2.45, 2.75) is 49.8 Å². The van der Waals surface area contributed by atoms with E-state index >= 15 is 0 Å². The number of ketones is 1. The molecule has 184 valence electrons. The first-order valence-corrected chi connectivity index (χ1v) is 13.8. The van der Waals surface area contributed by atoms with Crippen LogP contribution in [0.4, 0.5) is 0 Å². The normalized spacial score (nSPS) is 20.8. The Morgan fingerprint density at radius 1 is 0.944 bits per heavy atom. The maximum Gasteiger partial charge on any atom is 0.285 e. The SMILES string of the molecule is Cc1ccc(S(=O)(=O)/N=C2\Oc3ccccc3[C@@H](CC(=O)c3ccccc3)[C@@H]2C2=CCCCC2)cc1. The van der Waals surface area contributed by atoms with E-state index in [0.29, 0.717) is 11.3 Å². The van der Waals surface area contributed by atoms with Crippen molar-refractivity contribution in [2.75, 3.05) is 0 Å². The minimum Gasteiger partial charge on any atom is -0.441 e. The first-order chi connectivity index (χ1) is 17.4. The molecule has 0 radical (unpaired) electrons. The van der Waals surface area contributed by atoms with Crippen molar-refractivity contribution in [3.05, 3.63) is 107 Å². The number of ether oxygens (including phenoxy) is 1. The molecule has 0 amide bonds. The number of fused-ring (bicyclic) bond motifs is 1. The summed E-state index contributed by atoms with van der Waals surface area (Å²) in [6.45, 7) is 1.91. The number of hydrogen-bond acceptors (Lipinski definition) is 4. The van der Waals surface area contributed by atoms with Crippen molar-refractivity contribution in [1.29, 1.82) is 0 Å². The van der Waals surface area contributed by atoms with Crippen LogP contribution in [0.1, 0.15) is 59.5 Å². The molecule has 0 saturated heterocycles. The molecule has 2 aliphatic rings. The number of benzene rings is 3. The molecule has 3 aromatic carbocycles. The predicted octanol–water partition coefficient (Wildman–Crippen LogP) is 6.65. The number of para-hydroxylation sites is 1. The van der Waals surface area contributed by atoms with Crippen molar-refractivity contribution in [1.82, 2.24) is 0 Å². The highest BCUT2D eigenvalue weighted by molar-refractivity contribution is 7.90. The highest BCUT2D eigenvalue weighted by Crippen LogP contribution is 2.46. The van der Waals surface area contributed by atoms with E-state index in [1.54, 1.807) is 24.3 Å². The molecule has 5 nitrogen and oxygen atoms in total. The highest BCUT2D eigenvalue weighted by Gasteiger charge is 2.40. The van der Waals surface area contributed by atoms with Gasteiger partial charge in [-0.1, -0.05) is 77.9 Å². The quantitative estimate of drug-likeness (QED) is 0.281. The summed E-state index contributed by atoms with van der Waals surface area (Å²) < 4.78 is 37.2. The van der Waals surface area contributed by atoms with Gasteiger partial charge in [0.1, 0.15) is 5.75 Å². The van der Waals surface area contributed by atoms with Crippen LogP contribution in [0, 0.1) is 12.8 Å². The summed E-state index contributed by atoms with van der Waals surface area (Å²) >= 11 is 0. The molecule has 0 saturated carbocycles. The molecule has 0 unspecified atom stereocenters. The van der Waals surface area contributed by atoms with Crippen LogP contribution in [0.2, 0.25) is 0 Å². The van der Waals surface area contributed by atoms with E-state index in [9.17, 15) is 13.2 Å². The number of Topliss-reactive ketones (excluding diaryl/α,β-unsaturated/α-hetero) is 1. The van der Waals surface area contributed by atoms with Crippen LogP contribution in [-0.2, 0) is 10.0 Å². The highest BCUT2D eigenvalue weighted by atomic mass is 32.2. The molecule has 1 heterocycles. The Balaban J connectivity index is 1.62. The Labute approximate surface area is 212 Å². The molecular weight excluding hydrogens is 470 g/mol. The van der Waals surface area contributed by atoms with Crippen molar-refractivity contribution in [3.63, 3.8) is 0 Å². The molecule has 0 aromatic heterocycles. The van der Waals surface area contributed by atoms with Crippen LogP contribution in [-0.4, -0.2) is 20.1 Å². The Morgan fingerprint density at radius 2 is 1.67 bits per heavy atom. The third-order valence-electron chi connectivity index (χ3n) is 6.96. The fourth-order valence-electron chi connectivity index (χ4n) is 5.10. The zero-order valence-corrected chi connectivity index (χ0v) is 21.1. The standard InChI is InChI=1S/C30H29NO4S/c1-21-16-18-24(19-17-21)36(33,34)31-30-29(23-12-6-3-7-13-23)26(25-14-8-9-15-28(25)35-30)20-27(32)22-10-4-2-5-11-22/h2,4-5,8-12,14-19,26,29H,3,6-7,13,20H2,1H3/b31-30-/t26-,29+/m1/s1. The lowest BCUT2D eigenvalue weighted by molar-refractivity contribution is 0.0968. The van der Waals surface area contributed by atoms with E-state index in [0.717, 1.165) is 42.4 Å². The third-order valence-corrected chi connectivity index (χ3v) is 8.25. The number of aryl methyl sites for hydroxylation is 1. The minimum absolute atomic E-state index is 0.0134. The monoisotopic (exact) mass is 499 g/mol. The molecule has 5 rings (SSSR count). The van der Waals surface area contributed by atoms with E-state index in [1.165, 1.54) is 0 Å². The molecule has 3 aromatic rings. The van der Waals surface area contributed by atoms with E-state index in [4.69, 9.17) is 4.74 Å². The second-order valence-electron chi connectivity index (χ2n) is 9.46. The smallest absolute Gasteiger partial charge is 0.285 e. The van der Waals surface area contributed by atoms with Gasteiger partial charge >= 0.3 is 0 Å². The molecule has 2 atom stereocenters. The lowest BCUT2D eigenvalue weighted by atomic mass is 9.73. The van der Waals surface area contributed by atoms with Crippen LogP contribution in [0.25, 0.3) is 0 Å². The van der Waals surface area contributed by atoms with Gasteiger partial charge in [0.15, 0.2) is 5.78 Å². The number of hydrogen-bond donors (Lipinski definition) is 0. The van der Waals surface area contributed by atoms with Gasteiger partial charge in [0, 0.05) is 17.9 Å². The molecule has 36 heavy (non-hydrogen) atoms. The second kappa shape index (κ2) is 10.2. The van der Waals surface area contributed by atoms with Gasteiger partial charge in [-0.15, -0.1) is 4.40 Å². The molecule has 1 aliphatic carbocycles. The number of rotatable bonds is 6. The van der Waals surface area contributed by atoms with Gasteiger partial charge in [-0.2, -0.15) is 8.42 Å². The van der Waals surface area contributed by atoms with Gasteiger partial charge in [-0.25, -0.2) is 0 Å². The Kier molecular flexibility index (Phi) is 6.88. The maximum atomic E-state index is 13.4. The predicted molar refractivity (Wildman–Crippen MR) is 141 cm³/mol. The van der Waals surface area contributed by atoms with Crippen LogP contribution in [0.15, 0.2) is 99.8 Å². The van der Waals surface area contributed by atoms with Crippen molar-refractivity contribution >= 4 is 21.7 Å². The Hall–Kier alpha value is -3.51. The number of carbonyl (C=O) groups is 1. The Morgan fingerprint density at radius 3 is 2.39 bits per heavy atom. The molecule has 0 N–H and O–H groups in total. The first-order valence-electron chi connectivity index (χ1n) is 12.4. The molecule has 0 bridgehead atoms. The van der Waals surface area contributed by atoms with E-state index in [2.05, 4.69) is 10.5 Å².